The standard InChI is InChI=1S/C24H12N4O4/c25-9-15-17(11-5-1-3-7-13(11)27-15)19-21(29)23(31)20(24(32)22(19)30)18-12-6-2-4-8-14(12)28-16(18)10-26/h1-8,27-29,32H. The van der Waals surface area contributed by atoms with Crippen molar-refractivity contribution >= 4 is 44.5 Å². The van der Waals surface area contributed by atoms with E-state index in [4.69, 9.17) is 0 Å². The van der Waals surface area contributed by atoms with Crippen LogP contribution < -0.4 is 0 Å². The topological polar surface area (TPSA) is 154 Å². The van der Waals surface area contributed by atoms with Crippen LogP contribution in [-0.2, 0) is 9.59 Å². The summed E-state index contributed by atoms with van der Waals surface area (Å²) < 4.78 is 0. The SMILES string of the molecule is N#Cc1[nH]c2ccccc2c1C1=C(O)C(=O)C(c2c(C#N)[nH]c3ccccc23)=C(O)C1=O. The normalized spacial score (nSPS) is 14.3. The molecule has 0 unspecified atom stereocenters. The summed E-state index contributed by atoms with van der Waals surface area (Å²) >= 11 is 0. The van der Waals surface area contributed by atoms with E-state index in [2.05, 4.69) is 9.97 Å². The van der Waals surface area contributed by atoms with E-state index in [0.717, 1.165) is 0 Å². The average molecular weight is 420 g/mol. The first-order chi connectivity index (χ1) is 15.5. The Bertz CT molecular complexity index is 1530. The zero-order valence-corrected chi connectivity index (χ0v) is 16.2. The van der Waals surface area contributed by atoms with Crippen molar-refractivity contribution < 1.29 is 19.8 Å². The van der Waals surface area contributed by atoms with Gasteiger partial charge in [0.05, 0.1) is 11.1 Å². The number of nitriles is 2. The lowest BCUT2D eigenvalue weighted by Crippen LogP contribution is -2.23. The van der Waals surface area contributed by atoms with Gasteiger partial charge in [-0.15, -0.1) is 0 Å². The number of aromatic amines is 2. The molecule has 8 nitrogen and oxygen atoms in total. The third-order valence-corrected chi connectivity index (χ3v) is 5.49. The van der Waals surface area contributed by atoms with Crippen LogP contribution in [0.4, 0.5) is 0 Å². The minimum absolute atomic E-state index is 0.0315. The highest BCUT2D eigenvalue weighted by molar-refractivity contribution is 6.48. The Kier molecular flexibility index (Phi) is 3.98. The molecular weight excluding hydrogens is 408 g/mol. The lowest BCUT2D eigenvalue weighted by molar-refractivity contribution is -0.116. The van der Waals surface area contributed by atoms with E-state index in [9.17, 15) is 30.3 Å². The number of ketones is 2. The van der Waals surface area contributed by atoms with Crippen LogP contribution in [0.2, 0.25) is 0 Å². The molecule has 0 amide bonds. The van der Waals surface area contributed by atoms with Gasteiger partial charge in [0.1, 0.15) is 23.5 Å². The summed E-state index contributed by atoms with van der Waals surface area (Å²) in [4.78, 5) is 32.2. The Labute approximate surface area is 180 Å². The molecule has 1 aliphatic carbocycles. The van der Waals surface area contributed by atoms with Gasteiger partial charge in [0.25, 0.3) is 0 Å². The first-order valence-electron chi connectivity index (χ1n) is 9.46. The Morgan fingerprint density at radius 2 is 1.03 bits per heavy atom. The van der Waals surface area contributed by atoms with Crippen LogP contribution in [0.1, 0.15) is 22.5 Å². The highest BCUT2D eigenvalue weighted by Gasteiger charge is 2.40. The van der Waals surface area contributed by atoms with Gasteiger partial charge in [0.2, 0.25) is 11.6 Å². The quantitative estimate of drug-likeness (QED) is 0.362. The molecule has 0 fully saturated rings. The molecule has 0 spiro atoms. The van der Waals surface area contributed by atoms with Crippen molar-refractivity contribution in [1.29, 1.82) is 10.5 Å². The van der Waals surface area contributed by atoms with E-state index in [1.807, 2.05) is 12.1 Å². The number of hydrogen-bond acceptors (Lipinski definition) is 6. The molecular formula is C24H12N4O4. The number of nitrogens with one attached hydrogen (secondary N) is 2. The molecule has 2 aromatic heterocycles. The van der Waals surface area contributed by atoms with Gasteiger partial charge >= 0.3 is 0 Å². The molecule has 4 N–H and O–H groups in total. The van der Waals surface area contributed by atoms with Gasteiger partial charge < -0.3 is 20.2 Å². The maximum atomic E-state index is 13.2. The molecule has 0 atom stereocenters. The van der Waals surface area contributed by atoms with E-state index in [0.29, 0.717) is 21.8 Å². The number of aliphatic hydroxyl groups excluding tert-OH is 2. The van der Waals surface area contributed by atoms with Gasteiger partial charge in [-0.1, -0.05) is 36.4 Å². The predicted octanol–water partition coefficient (Wildman–Crippen LogP) is 3.78. The number of fused-ring (bicyclic) bond motifs is 2. The molecule has 4 aromatic rings. The van der Waals surface area contributed by atoms with Crippen molar-refractivity contribution in [3.05, 3.63) is 82.6 Å². The molecule has 5 rings (SSSR count). The van der Waals surface area contributed by atoms with E-state index in [1.54, 1.807) is 48.5 Å². The summed E-state index contributed by atoms with van der Waals surface area (Å²) in [5.74, 6) is -3.85. The highest BCUT2D eigenvalue weighted by Crippen LogP contribution is 2.40. The van der Waals surface area contributed by atoms with Crippen LogP contribution in [0.5, 0.6) is 0 Å². The second kappa shape index (κ2) is 6.73. The molecule has 0 radical (unpaired) electrons. The minimum Gasteiger partial charge on any atom is -0.504 e. The smallest absolute Gasteiger partial charge is 0.232 e. The molecule has 0 aliphatic heterocycles. The van der Waals surface area contributed by atoms with Gasteiger partial charge in [0.15, 0.2) is 11.5 Å². The summed E-state index contributed by atoms with van der Waals surface area (Å²) in [6.07, 6.45) is 0. The number of hydrogen-bond donors (Lipinski definition) is 4. The van der Waals surface area contributed by atoms with Crippen LogP contribution >= 0.6 is 0 Å². The van der Waals surface area contributed by atoms with E-state index in [1.165, 1.54) is 0 Å². The molecule has 0 bridgehead atoms. The molecule has 2 aromatic carbocycles. The highest BCUT2D eigenvalue weighted by atomic mass is 16.3. The Hall–Kier alpha value is -5.08. The summed E-state index contributed by atoms with van der Waals surface area (Å²) in [6, 6.07) is 17.3. The van der Waals surface area contributed by atoms with Crippen LogP contribution in [-0.4, -0.2) is 31.7 Å². The van der Waals surface area contributed by atoms with Crippen molar-refractivity contribution in [1.82, 2.24) is 9.97 Å². The second-order valence-electron chi connectivity index (χ2n) is 7.17. The van der Waals surface area contributed by atoms with E-state index in [-0.39, 0.29) is 22.5 Å². The number of aliphatic hydroxyl groups is 2. The van der Waals surface area contributed by atoms with Gasteiger partial charge in [-0.05, 0) is 12.1 Å². The number of Topliss-reactive ketones (excluding diaryl/α,β-unsaturated/α-hetero) is 2. The molecule has 32 heavy (non-hydrogen) atoms. The third-order valence-electron chi connectivity index (χ3n) is 5.49. The first kappa shape index (κ1) is 18.9. The number of rotatable bonds is 2. The zero-order chi connectivity index (χ0) is 22.6. The predicted molar refractivity (Wildman–Crippen MR) is 115 cm³/mol. The third kappa shape index (κ3) is 2.41. The molecule has 1 aliphatic rings. The van der Waals surface area contributed by atoms with E-state index >= 15 is 0 Å². The van der Waals surface area contributed by atoms with Crippen molar-refractivity contribution in [3.63, 3.8) is 0 Å². The van der Waals surface area contributed by atoms with Gasteiger partial charge in [-0.25, -0.2) is 0 Å². The second-order valence-corrected chi connectivity index (χ2v) is 7.17. The lowest BCUT2D eigenvalue weighted by atomic mass is 9.84. The maximum Gasteiger partial charge on any atom is 0.232 e. The summed E-state index contributed by atoms with van der Waals surface area (Å²) in [7, 11) is 0. The summed E-state index contributed by atoms with van der Waals surface area (Å²) in [5, 5.41) is 41.6. The molecule has 8 heteroatoms. The number of allylic oxidation sites excluding steroid dienone is 2. The fourth-order valence-corrected chi connectivity index (χ4v) is 4.11. The molecule has 0 saturated carbocycles. The van der Waals surface area contributed by atoms with Crippen LogP contribution in [0.25, 0.3) is 33.0 Å². The fraction of sp³-hybridized carbons (Fsp3) is 0. The largest absolute Gasteiger partial charge is 0.504 e. The van der Waals surface area contributed by atoms with Gasteiger partial charge in [-0.2, -0.15) is 10.5 Å². The average Bonchev–Trinajstić information content (AvgIpc) is 3.37. The minimum atomic E-state index is -1.02. The van der Waals surface area contributed by atoms with E-state index < -0.39 is 34.2 Å². The molecule has 152 valence electrons. The molecule has 2 heterocycles. The number of para-hydroxylation sites is 2. The lowest BCUT2D eigenvalue weighted by Gasteiger charge is -2.18. The van der Waals surface area contributed by atoms with Gasteiger partial charge in [-0.3, -0.25) is 9.59 Å². The number of H-pyrrole nitrogens is 2. The van der Waals surface area contributed by atoms with Crippen LogP contribution in [0.3, 0.4) is 0 Å². The fourth-order valence-electron chi connectivity index (χ4n) is 4.11. The maximum absolute atomic E-state index is 13.2. The van der Waals surface area contributed by atoms with Crippen molar-refractivity contribution in [2.75, 3.05) is 0 Å². The molecule has 0 saturated heterocycles. The summed E-state index contributed by atoms with van der Waals surface area (Å²) in [5.41, 5.74) is 0.111. The monoisotopic (exact) mass is 420 g/mol. The number of benzene rings is 2. The number of nitrogens with zero attached hydrogens (tertiary/aromatic N) is 2. The van der Waals surface area contributed by atoms with Crippen molar-refractivity contribution in [2.24, 2.45) is 0 Å². The first-order valence-corrected chi connectivity index (χ1v) is 9.46. The Morgan fingerprint density at radius 1 is 0.656 bits per heavy atom. The van der Waals surface area contributed by atoms with Gasteiger partial charge in [0, 0.05) is 32.9 Å². The number of aromatic nitrogens is 2. The Morgan fingerprint density at radius 3 is 1.41 bits per heavy atom. The number of carbonyl (C=O) groups is 2. The Balaban J connectivity index is 1.79. The van der Waals surface area contributed by atoms with Crippen molar-refractivity contribution in [2.45, 2.75) is 0 Å². The van der Waals surface area contributed by atoms with Crippen molar-refractivity contribution in [3.8, 4) is 12.1 Å². The number of carbonyl (C=O) groups excluding carboxylic acids is 2. The van der Waals surface area contributed by atoms with Crippen LogP contribution in [0, 0.1) is 22.7 Å². The van der Waals surface area contributed by atoms with Crippen LogP contribution in [0.15, 0.2) is 60.0 Å². The zero-order valence-electron chi connectivity index (χ0n) is 16.2. The summed E-state index contributed by atoms with van der Waals surface area (Å²) in [6.45, 7) is 0.